The Kier molecular flexibility index (Phi) is 3.71. The van der Waals surface area contributed by atoms with Crippen molar-refractivity contribution in [3.8, 4) is 0 Å². The van der Waals surface area contributed by atoms with E-state index < -0.39 is 5.97 Å². The molecule has 0 heterocycles. The second kappa shape index (κ2) is 4.81. The van der Waals surface area contributed by atoms with Gasteiger partial charge in [0.25, 0.3) is 0 Å². The highest BCUT2D eigenvalue weighted by molar-refractivity contribution is 9.10. The molecule has 0 unspecified atom stereocenters. The largest absolute Gasteiger partial charge is 0.504 e. The molecule has 1 N–H and O–H groups in total. The molecule has 1 rings (SSSR count). The second-order valence-corrected chi connectivity index (χ2v) is 3.49. The number of carboxylic acid groups (broad SMARTS) is 1. The van der Waals surface area contributed by atoms with Gasteiger partial charge in [0.05, 0.1) is 18.9 Å². The Labute approximate surface area is 90.1 Å². The Morgan fingerprint density at radius 2 is 2.29 bits per heavy atom. The van der Waals surface area contributed by atoms with Crippen LogP contribution in [0.2, 0.25) is 0 Å². The number of carboxylic acids is 1. The summed E-state index contributed by atoms with van der Waals surface area (Å²) in [5.41, 5.74) is 0.857. The summed E-state index contributed by atoms with van der Waals surface area (Å²) >= 11 is 3.21. The number of ether oxygens (including phenoxy) is 1. The van der Waals surface area contributed by atoms with Crippen molar-refractivity contribution in [3.05, 3.63) is 40.1 Å². The van der Waals surface area contributed by atoms with Gasteiger partial charge in [0.1, 0.15) is 0 Å². The van der Waals surface area contributed by atoms with Crippen molar-refractivity contribution in [3.63, 3.8) is 0 Å². The summed E-state index contributed by atoms with van der Waals surface area (Å²) in [6, 6.07) is 5.04. The van der Waals surface area contributed by atoms with E-state index in [-0.39, 0.29) is 5.56 Å². The minimum atomic E-state index is -0.956. The topological polar surface area (TPSA) is 46.5 Å². The van der Waals surface area contributed by atoms with Gasteiger partial charge in [-0.3, -0.25) is 0 Å². The molecule has 0 atom stereocenters. The van der Waals surface area contributed by atoms with Crippen molar-refractivity contribution in [1.82, 2.24) is 0 Å². The summed E-state index contributed by atoms with van der Waals surface area (Å²) in [5.74, 6) is -0.956. The van der Waals surface area contributed by atoms with Crippen LogP contribution in [0.15, 0.2) is 28.9 Å². The molecule has 3 nitrogen and oxygen atoms in total. The maximum absolute atomic E-state index is 10.8. The third-order valence-corrected chi connectivity index (χ3v) is 2.12. The second-order valence-electron chi connectivity index (χ2n) is 2.58. The highest BCUT2D eigenvalue weighted by Crippen LogP contribution is 2.17. The molecule has 14 heavy (non-hydrogen) atoms. The number of carbonyl (C=O) groups is 1. The van der Waals surface area contributed by atoms with E-state index in [1.165, 1.54) is 13.4 Å². The number of hydrogen-bond donors (Lipinski definition) is 1. The average Bonchev–Trinajstić information content (AvgIpc) is 2.15. The van der Waals surface area contributed by atoms with Crippen molar-refractivity contribution < 1.29 is 14.6 Å². The van der Waals surface area contributed by atoms with Crippen LogP contribution in [0.4, 0.5) is 0 Å². The molecule has 0 fully saturated rings. The molecule has 0 aliphatic heterocycles. The fourth-order valence-electron chi connectivity index (χ4n) is 1.00. The van der Waals surface area contributed by atoms with Gasteiger partial charge in [-0.05, 0) is 23.8 Å². The van der Waals surface area contributed by atoms with E-state index in [0.717, 1.165) is 4.47 Å². The number of rotatable bonds is 3. The van der Waals surface area contributed by atoms with Crippen LogP contribution in [0.3, 0.4) is 0 Å². The molecule has 0 bridgehead atoms. The van der Waals surface area contributed by atoms with Gasteiger partial charge >= 0.3 is 5.97 Å². The third kappa shape index (κ3) is 2.60. The van der Waals surface area contributed by atoms with Gasteiger partial charge < -0.3 is 9.84 Å². The van der Waals surface area contributed by atoms with Gasteiger partial charge in [-0.1, -0.05) is 22.0 Å². The van der Waals surface area contributed by atoms with Gasteiger partial charge in [0, 0.05) is 4.47 Å². The first kappa shape index (κ1) is 10.8. The fourth-order valence-corrected chi connectivity index (χ4v) is 1.36. The molecule has 0 spiro atoms. The summed E-state index contributed by atoms with van der Waals surface area (Å²) in [7, 11) is 1.51. The summed E-state index contributed by atoms with van der Waals surface area (Å²) in [4.78, 5) is 10.8. The summed E-state index contributed by atoms with van der Waals surface area (Å²) in [6.45, 7) is 0. The van der Waals surface area contributed by atoms with Crippen molar-refractivity contribution >= 4 is 28.0 Å². The molecule has 0 aliphatic rings. The molecule has 0 saturated heterocycles. The molecule has 0 radical (unpaired) electrons. The Hall–Kier alpha value is -1.29. The van der Waals surface area contributed by atoms with E-state index in [1.807, 2.05) is 0 Å². The first-order chi connectivity index (χ1) is 6.65. The lowest BCUT2D eigenvalue weighted by Gasteiger charge is -2.01. The predicted octanol–water partition coefficient (Wildman–Crippen LogP) is 2.76. The average molecular weight is 257 g/mol. The summed E-state index contributed by atoms with van der Waals surface area (Å²) in [6.07, 6.45) is 3.05. The minimum absolute atomic E-state index is 0.243. The SMILES string of the molecule is CO/C=C/c1ccc(Br)cc1C(=O)O. The van der Waals surface area contributed by atoms with Crippen molar-refractivity contribution in [2.24, 2.45) is 0 Å². The van der Waals surface area contributed by atoms with Crippen LogP contribution in [0.5, 0.6) is 0 Å². The molecule has 1 aromatic rings. The smallest absolute Gasteiger partial charge is 0.336 e. The van der Waals surface area contributed by atoms with Crippen LogP contribution in [0, 0.1) is 0 Å². The summed E-state index contributed by atoms with van der Waals surface area (Å²) < 4.78 is 5.47. The minimum Gasteiger partial charge on any atom is -0.504 e. The van der Waals surface area contributed by atoms with E-state index in [1.54, 1.807) is 24.3 Å². The maximum Gasteiger partial charge on any atom is 0.336 e. The van der Waals surface area contributed by atoms with E-state index in [0.29, 0.717) is 5.56 Å². The van der Waals surface area contributed by atoms with Crippen molar-refractivity contribution in [2.75, 3.05) is 7.11 Å². The lowest BCUT2D eigenvalue weighted by atomic mass is 10.1. The first-order valence-electron chi connectivity index (χ1n) is 3.87. The van der Waals surface area contributed by atoms with Crippen LogP contribution in [0.1, 0.15) is 15.9 Å². The lowest BCUT2D eigenvalue weighted by Crippen LogP contribution is -1.99. The molecule has 0 amide bonds. The molecular weight excluding hydrogens is 248 g/mol. The van der Waals surface area contributed by atoms with E-state index in [9.17, 15) is 4.79 Å². The highest BCUT2D eigenvalue weighted by Gasteiger charge is 2.07. The Balaban J connectivity index is 3.15. The fraction of sp³-hybridized carbons (Fsp3) is 0.100. The van der Waals surface area contributed by atoms with Gasteiger partial charge in [0.2, 0.25) is 0 Å². The normalized spacial score (nSPS) is 10.4. The molecule has 0 saturated carbocycles. The zero-order chi connectivity index (χ0) is 10.6. The Morgan fingerprint density at radius 1 is 1.57 bits per heavy atom. The van der Waals surface area contributed by atoms with Gasteiger partial charge in [0.15, 0.2) is 0 Å². The molecule has 0 aromatic heterocycles. The Bertz CT molecular complexity index is 372. The number of halogens is 1. The zero-order valence-corrected chi connectivity index (χ0v) is 9.11. The van der Waals surface area contributed by atoms with Crippen molar-refractivity contribution in [1.29, 1.82) is 0 Å². The van der Waals surface area contributed by atoms with E-state index in [2.05, 4.69) is 15.9 Å². The number of hydrogen-bond acceptors (Lipinski definition) is 2. The zero-order valence-electron chi connectivity index (χ0n) is 7.53. The van der Waals surface area contributed by atoms with Crippen LogP contribution >= 0.6 is 15.9 Å². The van der Waals surface area contributed by atoms with Crippen LogP contribution < -0.4 is 0 Å². The van der Waals surface area contributed by atoms with Crippen molar-refractivity contribution in [2.45, 2.75) is 0 Å². The molecular formula is C10H9BrO3. The quantitative estimate of drug-likeness (QED) is 0.847. The molecule has 74 valence electrons. The standard InChI is InChI=1S/C10H9BrO3/c1-14-5-4-7-2-3-8(11)6-9(7)10(12)13/h2-6H,1H3,(H,12,13)/b5-4+. The highest BCUT2D eigenvalue weighted by atomic mass is 79.9. The summed E-state index contributed by atoms with van der Waals surface area (Å²) in [5, 5.41) is 8.89. The number of benzene rings is 1. The van der Waals surface area contributed by atoms with Gasteiger partial charge in [-0.2, -0.15) is 0 Å². The van der Waals surface area contributed by atoms with Gasteiger partial charge in [-0.15, -0.1) is 0 Å². The molecule has 4 heteroatoms. The third-order valence-electron chi connectivity index (χ3n) is 1.63. The van der Waals surface area contributed by atoms with E-state index in [4.69, 9.17) is 9.84 Å². The maximum atomic E-state index is 10.8. The van der Waals surface area contributed by atoms with Gasteiger partial charge in [-0.25, -0.2) is 4.79 Å². The Morgan fingerprint density at radius 3 is 2.86 bits per heavy atom. The monoisotopic (exact) mass is 256 g/mol. The van der Waals surface area contributed by atoms with Crippen LogP contribution in [-0.4, -0.2) is 18.2 Å². The molecule has 1 aromatic carbocycles. The number of aromatic carboxylic acids is 1. The molecule has 0 aliphatic carbocycles. The predicted molar refractivity (Wildman–Crippen MR) is 57.1 cm³/mol. The van der Waals surface area contributed by atoms with E-state index >= 15 is 0 Å². The lowest BCUT2D eigenvalue weighted by molar-refractivity contribution is 0.0696. The van der Waals surface area contributed by atoms with Crippen LogP contribution in [0.25, 0.3) is 6.08 Å². The first-order valence-corrected chi connectivity index (χ1v) is 4.66. The number of methoxy groups -OCH3 is 1. The van der Waals surface area contributed by atoms with Crippen LogP contribution in [-0.2, 0) is 4.74 Å².